The first-order chi connectivity index (χ1) is 10.2. The van der Waals surface area contributed by atoms with E-state index in [9.17, 15) is 0 Å². The fraction of sp³-hybridized carbons (Fsp3) is 0.333. The first-order valence-electron chi connectivity index (χ1n) is 7.29. The standard InChI is InChI=1S/C18H23NO2/c1-4-14-8-5-6-11-17(14)21-18(13(2)19)15-9-7-10-16(12-15)20-3/h5-13,18H,4,19H2,1-3H3. The van der Waals surface area contributed by atoms with Gasteiger partial charge in [0, 0.05) is 6.04 Å². The fourth-order valence-corrected chi connectivity index (χ4v) is 2.35. The van der Waals surface area contributed by atoms with E-state index in [0.29, 0.717) is 0 Å². The molecule has 0 aliphatic carbocycles. The van der Waals surface area contributed by atoms with Crippen molar-refractivity contribution < 1.29 is 9.47 Å². The van der Waals surface area contributed by atoms with Crippen LogP contribution in [-0.4, -0.2) is 13.2 Å². The van der Waals surface area contributed by atoms with E-state index >= 15 is 0 Å². The molecule has 21 heavy (non-hydrogen) atoms. The molecule has 0 saturated carbocycles. The van der Waals surface area contributed by atoms with Crippen LogP contribution in [0, 0.1) is 0 Å². The maximum absolute atomic E-state index is 6.20. The van der Waals surface area contributed by atoms with Crippen LogP contribution in [0.15, 0.2) is 48.5 Å². The molecule has 112 valence electrons. The second kappa shape index (κ2) is 7.14. The molecule has 0 spiro atoms. The van der Waals surface area contributed by atoms with E-state index in [0.717, 1.165) is 23.5 Å². The van der Waals surface area contributed by atoms with Crippen molar-refractivity contribution in [2.75, 3.05) is 7.11 Å². The van der Waals surface area contributed by atoms with Gasteiger partial charge in [-0.15, -0.1) is 0 Å². The van der Waals surface area contributed by atoms with Crippen LogP contribution in [-0.2, 0) is 6.42 Å². The molecule has 2 atom stereocenters. The minimum atomic E-state index is -0.201. The Bertz CT molecular complexity index is 581. The van der Waals surface area contributed by atoms with Crippen molar-refractivity contribution in [3.05, 3.63) is 59.7 Å². The molecule has 0 aromatic heterocycles. The van der Waals surface area contributed by atoms with Crippen LogP contribution in [0.4, 0.5) is 0 Å². The summed E-state index contributed by atoms with van der Waals surface area (Å²) in [5, 5.41) is 0. The van der Waals surface area contributed by atoms with Crippen LogP contribution in [0.5, 0.6) is 11.5 Å². The molecule has 3 heteroatoms. The molecule has 0 saturated heterocycles. The summed E-state index contributed by atoms with van der Waals surface area (Å²) in [4.78, 5) is 0. The predicted octanol–water partition coefficient (Wildman–Crippen LogP) is 3.72. The Kier molecular flexibility index (Phi) is 5.23. The lowest BCUT2D eigenvalue weighted by Gasteiger charge is -2.24. The SMILES string of the molecule is CCc1ccccc1OC(c1cccc(OC)c1)C(C)N. The normalized spacial score (nSPS) is 13.5. The van der Waals surface area contributed by atoms with Crippen LogP contribution in [0.25, 0.3) is 0 Å². The quantitative estimate of drug-likeness (QED) is 0.879. The summed E-state index contributed by atoms with van der Waals surface area (Å²) in [7, 11) is 1.66. The van der Waals surface area contributed by atoms with Crippen LogP contribution in [0.2, 0.25) is 0 Å². The number of aryl methyl sites for hydroxylation is 1. The highest BCUT2D eigenvalue weighted by atomic mass is 16.5. The second-order valence-electron chi connectivity index (χ2n) is 5.14. The van der Waals surface area contributed by atoms with E-state index in [1.807, 2.05) is 49.4 Å². The van der Waals surface area contributed by atoms with Crippen molar-refractivity contribution in [3.63, 3.8) is 0 Å². The van der Waals surface area contributed by atoms with Gasteiger partial charge in [-0.3, -0.25) is 0 Å². The first-order valence-corrected chi connectivity index (χ1v) is 7.29. The smallest absolute Gasteiger partial charge is 0.139 e. The van der Waals surface area contributed by atoms with Crippen molar-refractivity contribution >= 4 is 0 Å². The summed E-state index contributed by atoms with van der Waals surface area (Å²) in [6, 6.07) is 15.8. The van der Waals surface area contributed by atoms with E-state index in [1.54, 1.807) is 7.11 Å². The summed E-state index contributed by atoms with van der Waals surface area (Å²) in [6.07, 6.45) is 0.729. The molecule has 0 amide bonds. The molecule has 0 heterocycles. The van der Waals surface area contributed by atoms with Gasteiger partial charge in [0.15, 0.2) is 0 Å². The van der Waals surface area contributed by atoms with Crippen LogP contribution >= 0.6 is 0 Å². The number of hydrogen-bond acceptors (Lipinski definition) is 3. The molecule has 0 fully saturated rings. The average Bonchev–Trinajstić information content (AvgIpc) is 2.52. The Morgan fingerprint density at radius 2 is 1.86 bits per heavy atom. The maximum atomic E-state index is 6.20. The molecule has 0 aliphatic rings. The summed E-state index contributed by atoms with van der Waals surface area (Å²) in [5.74, 6) is 1.70. The van der Waals surface area contributed by atoms with Crippen molar-refractivity contribution in [3.8, 4) is 11.5 Å². The van der Waals surface area contributed by atoms with Gasteiger partial charge in [-0.2, -0.15) is 0 Å². The summed E-state index contributed by atoms with van der Waals surface area (Å²) >= 11 is 0. The molecular formula is C18H23NO2. The lowest BCUT2D eigenvalue weighted by Crippen LogP contribution is -2.29. The Morgan fingerprint density at radius 1 is 1.10 bits per heavy atom. The van der Waals surface area contributed by atoms with Gasteiger partial charge in [0.2, 0.25) is 0 Å². The number of ether oxygens (including phenoxy) is 2. The lowest BCUT2D eigenvalue weighted by atomic mass is 10.0. The highest BCUT2D eigenvalue weighted by molar-refractivity contribution is 5.36. The zero-order valence-corrected chi connectivity index (χ0v) is 12.9. The highest BCUT2D eigenvalue weighted by Crippen LogP contribution is 2.29. The van der Waals surface area contributed by atoms with Gasteiger partial charge in [-0.25, -0.2) is 0 Å². The molecule has 2 aromatic carbocycles. The van der Waals surface area contributed by atoms with Gasteiger partial charge < -0.3 is 15.2 Å². The number of methoxy groups -OCH3 is 1. The highest BCUT2D eigenvalue weighted by Gasteiger charge is 2.19. The molecule has 2 aromatic rings. The molecule has 2 N–H and O–H groups in total. The second-order valence-corrected chi connectivity index (χ2v) is 5.14. The van der Waals surface area contributed by atoms with Gasteiger partial charge in [0.25, 0.3) is 0 Å². The summed E-state index contributed by atoms with van der Waals surface area (Å²) in [5.41, 5.74) is 8.34. The first kappa shape index (κ1) is 15.4. The van der Waals surface area contributed by atoms with Crippen molar-refractivity contribution in [2.45, 2.75) is 32.4 Å². The Balaban J connectivity index is 2.31. The Labute approximate surface area is 126 Å². The van der Waals surface area contributed by atoms with Crippen LogP contribution < -0.4 is 15.2 Å². The number of hydrogen-bond donors (Lipinski definition) is 1. The molecule has 0 bridgehead atoms. The average molecular weight is 285 g/mol. The fourth-order valence-electron chi connectivity index (χ4n) is 2.35. The van der Waals surface area contributed by atoms with E-state index in [2.05, 4.69) is 13.0 Å². The van der Waals surface area contributed by atoms with Crippen LogP contribution in [0.3, 0.4) is 0 Å². The zero-order chi connectivity index (χ0) is 15.2. The molecule has 2 rings (SSSR count). The van der Waals surface area contributed by atoms with Gasteiger partial charge in [0.1, 0.15) is 17.6 Å². The number of nitrogens with two attached hydrogens (primary N) is 1. The number of benzene rings is 2. The van der Waals surface area contributed by atoms with Gasteiger partial charge in [-0.1, -0.05) is 37.3 Å². The minimum Gasteiger partial charge on any atom is -0.497 e. The molecule has 2 unspecified atom stereocenters. The van der Waals surface area contributed by atoms with Gasteiger partial charge in [0.05, 0.1) is 7.11 Å². The van der Waals surface area contributed by atoms with Crippen molar-refractivity contribution in [1.29, 1.82) is 0 Å². The third-order valence-corrected chi connectivity index (χ3v) is 3.51. The third kappa shape index (κ3) is 3.76. The molecule has 0 radical (unpaired) electrons. The topological polar surface area (TPSA) is 44.5 Å². The molecule has 0 aliphatic heterocycles. The molecular weight excluding hydrogens is 262 g/mol. The summed E-state index contributed by atoms with van der Waals surface area (Å²) < 4.78 is 11.5. The summed E-state index contributed by atoms with van der Waals surface area (Å²) in [6.45, 7) is 4.08. The van der Waals surface area contributed by atoms with Crippen molar-refractivity contribution in [2.24, 2.45) is 5.73 Å². The van der Waals surface area contributed by atoms with E-state index in [1.165, 1.54) is 5.56 Å². The largest absolute Gasteiger partial charge is 0.497 e. The maximum Gasteiger partial charge on any atom is 0.139 e. The Morgan fingerprint density at radius 3 is 2.52 bits per heavy atom. The lowest BCUT2D eigenvalue weighted by molar-refractivity contribution is 0.178. The molecule has 3 nitrogen and oxygen atoms in total. The Hall–Kier alpha value is -2.00. The van der Waals surface area contributed by atoms with Gasteiger partial charge in [-0.05, 0) is 42.7 Å². The van der Waals surface area contributed by atoms with Crippen LogP contribution in [0.1, 0.15) is 31.1 Å². The minimum absolute atomic E-state index is 0.123. The zero-order valence-electron chi connectivity index (χ0n) is 12.9. The van der Waals surface area contributed by atoms with Gasteiger partial charge >= 0.3 is 0 Å². The number of rotatable bonds is 6. The predicted molar refractivity (Wildman–Crippen MR) is 85.8 cm³/mol. The van der Waals surface area contributed by atoms with E-state index in [-0.39, 0.29) is 12.1 Å². The number of para-hydroxylation sites is 1. The van der Waals surface area contributed by atoms with E-state index in [4.69, 9.17) is 15.2 Å². The monoisotopic (exact) mass is 285 g/mol. The van der Waals surface area contributed by atoms with Crippen molar-refractivity contribution in [1.82, 2.24) is 0 Å². The van der Waals surface area contributed by atoms with E-state index < -0.39 is 0 Å². The third-order valence-electron chi connectivity index (χ3n) is 3.51.